The Labute approximate surface area is 73.5 Å². The van der Waals surface area contributed by atoms with Gasteiger partial charge in [0.25, 0.3) is 6.48 Å². The molecule has 0 aromatic rings. The summed E-state index contributed by atoms with van der Waals surface area (Å²) in [6.07, 6.45) is -1.22. The molecule has 1 aliphatic carbocycles. The van der Waals surface area contributed by atoms with Crippen LogP contribution in [0.3, 0.4) is 0 Å². The zero-order valence-electron chi connectivity index (χ0n) is 6.61. The molecule has 4 heterocycles. The zero-order valence-corrected chi connectivity index (χ0v) is 6.61. The van der Waals surface area contributed by atoms with E-state index in [2.05, 4.69) is 10.2 Å². The first-order valence-electron chi connectivity index (χ1n) is 4.39. The van der Waals surface area contributed by atoms with Crippen molar-refractivity contribution in [3.63, 3.8) is 0 Å². The lowest BCUT2D eigenvalue weighted by Crippen LogP contribution is -2.72. The third kappa shape index (κ3) is 0.623. The van der Waals surface area contributed by atoms with Crippen molar-refractivity contribution in [3.8, 4) is 0 Å². The van der Waals surface area contributed by atoms with Crippen LogP contribution in [0.25, 0.3) is 0 Å². The fourth-order valence-electron chi connectivity index (χ4n) is 2.55. The van der Waals surface area contributed by atoms with Crippen molar-refractivity contribution in [3.05, 3.63) is 0 Å². The average molecular weight is 184 g/mol. The van der Waals surface area contributed by atoms with Gasteiger partial charge in [-0.15, -0.1) is 0 Å². The van der Waals surface area contributed by atoms with E-state index in [9.17, 15) is 5.11 Å². The Balaban J connectivity index is 1.86. The summed E-state index contributed by atoms with van der Waals surface area (Å²) in [7, 11) is 0. The van der Waals surface area contributed by atoms with Gasteiger partial charge in [0.2, 0.25) is 0 Å². The van der Waals surface area contributed by atoms with Crippen molar-refractivity contribution in [1.82, 2.24) is 0 Å². The number of azo groups is 1. The van der Waals surface area contributed by atoms with Crippen LogP contribution in [-0.4, -0.2) is 48.1 Å². The van der Waals surface area contributed by atoms with E-state index in [1.807, 2.05) is 0 Å². The molecule has 1 saturated carbocycles. The molecular weight excluding hydrogens is 176 g/mol. The summed E-state index contributed by atoms with van der Waals surface area (Å²) < 4.78 is 16.0. The maximum Gasteiger partial charge on any atom is 0.272 e. The second-order valence-corrected chi connectivity index (χ2v) is 3.79. The molecule has 0 spiro atoms. The van der Waals surface area contributed by atoms with Gasteiger partial charge >= 0.3 is 0 Å². The van der Waals surface area contributed by atoms with E-state index >= 15 is 0 Å². The largest absolute Gasteiger partial charge is 0.388 e. The molecule has 5 unspecified atom stereocenters. The fraction of sp³-hybridized carbons (Fsp3) is 1.00. The van der Waals surface area contributed by atoms with Gasteiger partial charge in [-0.3, -0.25) is 0 Å². The van der Waals surface area contributed by atoms with Crippen LogP contribution < -0.4 is 0 Å². The molecule has 4 aliphatic heterocycles. The monoisotopic (exact) mass is 184 g/mol. The first-order chi connectivity index (χ1) is 6.34. The average Bonchev–Trinajstić information content (AvgIpc) is 2.53. The van der Waals surface area contributed by atoms with Gasteiger partial charge in [-0.25, -0.2) is 0 Å². The summed E-state index contributed by atoms with van der Waals surface area (Å²) in [5, 5.41) is 17.9. The molecule has 3 saturated heterocycles. The van der Waals surface area contributed by atoms with Crippen LogP contribution >= 0.6 is 0 Å². The molecule has 0 radical (unpaired) electrons. The Morgan fingerprint density at radius 1 is 0.846 bits per heavy atom. The quantitative estimate of drug-likeness (QED) is 0.525. The highest BCUT2D eigenvalue weighted by Crippen LogP contribution is 2.45. The molecule has 5 aliphatic rings. The van der Waals surface area contributed by atoms with E-state index in [4.69, 9.17) is 14.2 Å². The van der Waals surface area contributed by atoms with Crippen molar-refractivity contribution >= 4 is 0 Å². The Kier molecular flexibility index (Phi) is 1.01. The molecule has 6 heteroatoms. The van der Waals surface area contributed by atoms with E-state index in [1.165, 1.54) is 0 Å². The standard InChI is InChI=1S/C7H8N2O4/c10-3-5-1-4-2(9-8-1)6(3)13-7(11-4)12-5/h1-7,10H/t1-,2+,3?,4?,5?,6?,7?. The number of hydrogen-bond donors (Lipinski definition) is 1. The number of aliphatic hydroxyl groups excluding tert-OH is 1. The third-order valence-electron chi connectivity index (χ3n) is 3.16. The topological polar surface area (TPSA) is 72.6 Å². The molecule has 70 valence electrons. The summed E-state index contributed by atoms with van der Waals surface area (Å²) in [6.45, 7) is -0.612. The molecule has 6 nitrogen and oxygen atoms in total. The van der Waals surface area contributed by atoms with Gasteiger partial charge in [-0.2, -0.15) is 10.2 Å². The van der Waals surface area contributed by atoms with Gasteiger partial charge in [0, 0.05) is 0 Å². The molecule has 0 aromatic carbocycles. The van der Waals surface area contributed by atoms with Gasteiger partial charge < -0.3 is 19.3 Å². The predicted molar refractivity (Wildman–Crippen MR) is 36.8 cm³/mol. The highest BCUT2D eigenvalue weighted by Gasteiger charge is 2.64. The number of hydrogen-bond acceptors (Lipinski definition) is 6. The van der Waals surface area contributed by atoms with Crippen molar-refractivity contribution < 1.29 is 19.3 Å². The second-order valence-electron chi connectivity index (χ2n) is 3.79. The Morgan fingerprint density at radius 2 is 1.38 bits per heavy atom. The van der Waals surface area contributed by atoms with Gasteiger partial charge in [0.15, 0.2) is 0 Å². The molecular formula is C7H8N2O4. The molecule has 0 amide bonds. The number of aliphatic hydroxyl groups is 1. The minimum atomic E-state index is -0.612. The second kappa shape index (κ2) is 1.93. The van der Waals surface area contributed by atoms with Gasteiger partial charge in [-0.1, -0.05) is 0 Å². The molecule has 4 fully saturated rings. The van der Waals surface area contributed by atoms with E-state index in [-0.39, 0.29) is 30.4 Å². The Bertz CT molecular complexity index is 272. The van der Waals surface area contributed by atoms with Crippen LogP contribution in [0.1, 0.15) is 0 Å². The summed E-state index contributed by atoms with van der Waals surface area (Å²) in [5.74, 6) is 0. The first kappa shape index (κ1) is 6.83. The van der Waals surface area contributed by atoms with Gasteiger partial charge in [0.05, 0.1) is 0 Å². The van der Waals surface area contributed by atoms with Crippen LogP contribution in [0.4, 0.5) is 0 Å². The third-order valence-corrected chi connectivity index (χ3v) is 3.16. The van der Waals surface area contributed by atoms with Crippen LogP contribution in [-0.2, 0) is 14.2 Å². The van der Waals surface area contributed by atoms with E-state index < -0.39 is 12.6 Å². The lowest BCUT2D eigenvalue weighted by atomic mass is 9.81. The summed E-state index contributed by atoms with van der Waals surface area (Å²) in [4.78, 5) is 0. The van der Waals surface area contributed by atoms with Crippen molar-refractivity contribution in [2.45, 2.75) is 43.0 Å². The molecule has 0 aromatic heterocycles. The molecule has 6 bridgehead atoms. The number of rotatable bonds is 0. The number of ether oxygens (including phenoxy) is 3. The Morgan fingerprint density at radius 3 is 2.00 bits per heavy atom. The molecule has 13 heavy (non-hydrogen) atoms. The van der Waals surface area contributed by atoms with Gasteiger partial charge in [-0.05, 0) is 0 Å². The van der Waals surface area contributed by atoms with Crippen molar-refractivity contribution in [2.75, 3.05) is 0 Å². The highest BCUT2D eigenvalue weighted by atomic mass is 16.9. The lowest BCUT2D eigenvalue weighted by Gasteiger charge is -2.52. The van der Waals surface area contributed by atoms with Gasteiger partial charge in [0.1, 0.15) is 36.5 Å². The molecule has 7 atom stereocenters. The fourth-order valence-corrected chi connectivity index (χ4v) is 2.55. The summed E-state index contributed by atoms with van der Waals surface area (Å²) in [5.41, 5.74) is 0. The van der Waals surface area contributed by atoms with Crippen molar-refractivity contribution in [2.24, 2.45) is 10.2 Å². The minimum Gasteiger partial charge on any atom is -0.388 e. The zero-order chi connectivity index (χ0) is 8.58. The summed E-state index contributed by atoms with van der Waals surface area (Å²) >= 11 is 0. The SMILES string of the molecule is OC1C2OC3OC1[C@@H]1N=N[C@H]2C1O3. The maximum atomic E-state index is 9.78. The lowest BCUT2D eigenvalue weighted by molar-refractivity contribution is -0.446. The van der Waals surface area contributed by atoms with Crippen LogP contribution in [0.15, 0.2) is 10.2 Å². The van der Waals surface area contributed by atoms with E-state index in [0.29, 0.717) is 0 Å². The number of nitrogens with zero attached hydrogens (tertiary/aromatic N) is 2. The van der Waals surface area contributed by atoms with Crippen LogP contribution in [0.5, 0.6) is 0 Å². The maximum absolute atomic E-state index is 9.78. The van der Waals surface area contributed by atoms with E-state index in [1.54, 1.807) is 0 Å². The van der Waals surface area contributed by atoms with Crippen LogP contribution in [0.2, 0.25) is 0 Å². The Hall–Kier alpha value is -0.560. The van der Waals surface area contributed by atoms with Crippen LogP contribution in [0, 0.1) is 0 Å². The molecule has 1 N–H and O–H groups in total. The summed E-state index contributed by atoms with van der Waals surface area (Å²) in [6, 6.07) is -0.257. The highest BCUT2D eigenvalue weighted by molar-refractivity contribution is 5.13. The van der Waals surface area contributed by atoms with Crippen molar-refractivity contribution in [1.29, 1.82) is 0 Å². The minimum absolute atomic E-state index is 0.0362. The normalized spacial score (nSPS) is 66.4. The van der Waals surface area contributed by atoms with E-state index in [0.717, 1.165) is 0 Å². The molecule has 5 rings (SSSR count). The predicted octanol–water partition coefficient (Wildman–Crippen LogP) is -0.970. The smallest absolute Gasteiger partial charge is 0.272 e. The first-order valence-corrected chi connectivity index (χ1v) is 4.39.